The molecule has 1 aliphatic rings. The molecule has 116 valence electrons. The lowest BCUT2D eigenvalue weighted by atomic mass is 10.0. The van der Waals surface area contributed by atoms with Gasteiger partial charge in [-0.05, 0) is 26.8 Å². The number of hydrogen-bond donors (Lipinski definition) is 2. The zero-order valence-corrected chi connectivity index (χ0v) is 13.4. The number of hydrogen-bond acceptors (Lipinski definition) is 5. The highest BCUT2D eigenvalue weighted by atomic mass is 35.5. The summed E-state index contributed by atoms with van der Waals surface area (Å²) in [6.45, 7) is 9.74. The highest BCUT2D eigenvalue weighted by Crippen LogP contribution is 2.21. The quantitative estimate of drug-likeness (QED) is 0.641. The minimum absolute atomic E-state index is 0.0402. The first-order chi connectivity index (χ1) is 9.82. The molecule has 0 unspecified atom stereocenters. The largest absolute Gasteiger partial charge is 0.336 e. The maximum atomic E-state index is 12.5. The zero-order valence-electron chi connectivity index (χ0n) is 12.7. The van der Waals surface area contributed by atoms with Crippen molar-refractivity contribution in [3.63, 3.8) is 0 Å². The summed E-state index contributed by atoms with van der Waals surface area (Å²) in [6, 6.07) is 1.60. The Hall–Kier alpha value is -1.37. The number of nitrogen functional groups attached to an aromatic ring is 1. The van der Waals surface area contributed by atoms with Crippen LogP contribution in [-0.2, 0) is 0 Å². The molecule has 1 aromatic heterocycles. The van der Waals surface area contributed by atoms with Gasteiger partial charge in [0.25, 0.3) is 5.91 Å². The molecule has 0 aliphatic carbocycles. The van der Waals surface area contributed by atoms with Crippen LogP contribution in [0, 0.1) is 0 Å². The average Bonchev–Trinajstić information content (AvgIpc) is 2.45. The Labute approximate surface area is 130 Å². The number of amides is 1. The number of carbonyl (C=O) groups is 1. The third-order valence-electron chi connectivity index (χ3n) is 3.74. The van der Waals surface area contributed by atoms with E-state index in [2.05, 4.69) is 36.1 Å². The van der Waals surface area contributed by atoms with Gasteiger partial charge in [0.05, 0.1) is 10.6 Å². The van der Waals surface area contributed by atoms with Gasteiger partial charge in [0.2, 0.25) is 0 Å². The minimum Gasteiger partial charge on any atom is -0.336 e. The Morgan fingerprint density at radius 3 is 2.43 bits per heavy atom. The predicted octanol–water partition coefficient (Wildman–Crippen LogP) is 1.58. The van der Waals surface area contributed by atoms with Gasteiger partial charge in [-0.2, -0.15) is 0 Å². The molecule has 6 nitrogen and oxygen atoms in total. The minimum atomic E-state index is -0.0402. The molecule has 1 aromatic rings. The molecule has 0 bridgehead atoms. The highest BCUT2D eigenvalue weighted by Gasteiger charge is 2.28. The van der Waals surface area contributed by atoms with Gasteiger partial charge in [0.15, 0.2) is 5.82 Å². The molecule has 1 aliphatic heterocycles. The molecule has 0 aromatic carbocycles. The molecular formula is C14H22ClN5O. The monoisotopic (exact) mass is 311 g/mol. The summed E-state index contributed by atoms with van der Waals surface area (Å²) in [5, 5.41) is 0.344. The Morgan fingerprint density at radius 2 is 1.95 bits per heavy atom. The predicted molar refractivity (Wildman–Crippen MR) is 84.3 cm³/mol. The maximum Gasteiger partial charge on any atom is 0.255 e. The van der Waals surface area contributed by atoms with E-state index in [4.69, 9.17) is 17.4 Å². The van der Waals surface area contributed by atoms with Gasteiger partial charge in [-0.1, -0.05) is 11.6 Å². The van der Waals surface area contributed by atoms with Crippen LogP contribution in [0.15, 0.2) is 12.3 Å². The van der Waals surface area contributed by atoms with Gasteiger partial charge < -0.3 is 10.3 Å². The lowest BCUT2D eigenvalue weighted by Crippen LogP contribution is -2.54. The second-order valence-corrected chi connectivity index (χ2v) is 6.56. The number of nitrogens with two attached hydrogens (primary N) is 1. The second kappa shape index (κ2) is 6.17. The Balaban J connectivity index is 2.04. The van der Waals surface area contributed by atoms with Gasteiger partial charge in [-0.15, -0.1) is 0 Å². The van der Waals surface area contributed by atoms with Crippen LogP contribution in [0.3, 0.4) is 0 Å². The molecule has 1 saturated heterocycles. The van der Waals surface area contributed by atoms with Crippen molar-refractivity contribution in [1.82, 2.24) is 14.8 Å². The number of hydrazine groups is 1. The lowest BCUT2D eigenvalue weighted by molar-refractivity contribution is 0.0451. The van der Waals surface area contributed by atoms with E-state index in [0.717, 1.165) is 13.1 Å². The van der Waals surface area contributed by atoms with Crippen LogP contribution < -0.4 is 11.3 Å². The zero-order chi connectivity index (χ0) is 15.6. The fourth-order valence-electron chi connectivity index (χ4n) is 2.42. The molecule has 21 heavy (non-hydrogen) atoms. The van der Waals surface area contributed by atoms with Crippen LogP contribution in [0.1, 0.15) is 31.1 Å². The van der Waals surface area contributed by atoms with Crippen molar-refractivity contribution in [1.29, 1.82) is 0 Å². The smallest absolute Gasteiger partial charge is 0.255 e. The van der Waals surface area contributed by atoms with E-state index in [1.165, 1.54) is 6.20 Å². The van der Waals surface area contributed by atoms with Crippen molar-refractivity contribution in [2.45, 2.75) is 26.3 Å². The Bertz CT molecular complexity index is 521. The first kappa shape index (κ1) is 16.0. The van der Waals surface area contributed by atoms with Gasteiger partial charge >= 0.3 is 0 Å². The van der Waals surface area contributed by atoms with Gasteiger partial charge in [0.1, 0.15) is 0 Å². The fraction of sp³-hybridized carbons (Fsp3) is 0.571. The first-order valence-corrected chi connectivity index (χ1v) is 7.37. The van der Waals surface area contributed by atoms with E-state index >= 15 is 0 Å². The van der Waals surface area contributed by atoms with Crippen molar-refractivity contribution < 1.29 is 4.79 Å². The van der Waals surface area contributed by atoms with E-state index in [1.807, 2.05) is 4.90 Å². The molecule has 0 saturated carbocycles. The van der Waals surface area contributed by atoms with E-state index < -0.39 is 0 Å². The van der Waals surface area contributed by atoms with E-state index in [1.54, 1.807) is 6.07 Å². The molecular weight excluding hydrogens is 290 g/mol. The van der Waals surface area contributed by atoms with Crippen LogP contribution in [0.2, 0.25) is 5.02 Å². The highest BCUT2D eigenvalue weighted by molar-refractivity contribution is 6.33. The molecule has 1 amide bonds. The number of piperazine rings is 1. The van der Waals surface area contributed by atoms with Crippen LogP contribution in [0.25, 0.3) is 0 Å². The van der Waals surface area contributed by atoms with Crippen LogP contribution in [0.5, 0.6) is 0 Å². The number of aromatic nitrogens is 1. The van der Waals surface area contributed by atoms with Crippen molar-refractivity contribution >= 4 is 23.3 Å². The Morgan fingerprint density at radius 1 is 1.33 bits per heavy atom. The fourth-order valence-corrected chi connectivity index (χ4v) is 2.64. The van der Waals surface area contributed by atoms with Crippen LogP contribution in [0.4, 0.5) is 5.82 Å². The van der Waals surface area contributed by atoms with E-state index in [0.29, 0.717) is 29.5 Å². The molecule has 2 rings (SSSR count). The summed E-state index contributed by atoms with van der Waals surface area (Å²) in [7, 11) is 0. The number of anilines is 1. The summed E-state index contributed by atoms with van der Waals surface area (Å²) in [4.78, 5) is 20.7. The number of nitrogens with zero attached hydrogens (tertiary/aromatic N) is 3. The van der Waals surface area contributed by atoms with Crippen molar-refractivity contribution in [3.05, 3.63) is 22.8 Å². The SMILES string of the molecule is CC(C)(C)N1CCN(C(=O)c2cnc(NN)c(Cl)c2)CC1. The number of rotatable bonds is 2. The second-order valence-electron chi connectivity index (χ2n) is 6.15. The normalized spacial score (nSPS) is 16.9. The third kappa shape index (κ3) is 3.64. The van der Waals surface area contributed by atoms with Crippen molar-refractivity contribution in [3.8, 4) is 0 Å². The van der Waals surface area contributed by atoms with Gasteiger partial charge in [-0.25, -0.2) is 10.8 Å². The summed E-state index contributed by atoms with van der Waals surface area (Å²) >= 11 is 6.01. The molecule has 2 heterocycles. The lowest BCUT2D eigenvalue weighted by Gasteiger charge is -2.42. The number of halogens is 1. The molecule has 0 radical (unpaired) electrons. The maximum absolute atomic E-state index is 12.5. The number of nitrogens with one attached hydrogen (secondary N) is 1. The van der Waals surface area contributed by atoms with E-state index in [9.17, 15) is 4.79 Å². The average molecular weight is 312 g/mol. The molecule has 0 spiro atoms. The first-order valence-electron chi connectivity index (χ1n) is 6.99. The van der Waals surface area contributed by atoms with Crippen LogP contribution >= 0.6 is 11.6 Å². The number of carbonyl (C=O) groups excluding carboxylic acids is 1. The van der Waals surface area contributed by atoms with Crippen LogP contribution in [-0.4, -0.2) is 52.4 Å². The third-order valence-corrected chi connectivity index (χ3v) is 4.03. The standard InChI is InChI=1S/C14H22ClN5O/c1-14(2,3)20-6-4-19(5-7-20)13(21)10-8-11(15)12(18-16)17-9-10/h8-9H,4-7,16H2,1-3H3,(H,17,18). The van der Waals surface area contributed by atoms with Crippen molar-refractivity contribution in [2.24, 2.45) is 5.84 Å². The molecule has 1 fully saturated rings. The molecule has 7 heteroatoms. The Kier molecular flexibility index (Phi) is 4.70. The molecule has 0 atom stereocenters. The molecule has 3 N–H and O–H groups in total. The summed E-state index contributed by atoms with van der Waals surface area (Å²) < 4.78 is 0. The van der Waals surface area contributed by atoms with Gasteiger partial charge in [-0.3, -0.25) is 9.69 Å². The summed E-state index contributed by atoms with van der Waals surface area (Å²) in [6.07, 6.45) is 1.50. The number of pyridine rings is 1. The van der Waals surface area contributed by atoms with E-state index in [-0.39, 0.29) is 11.4 Å². The van der Waals surface area contributed by atoms with Gasteiger partial charge in [0, 0.05) is 37.9 Å². The van der Waals surface area contributed by atoms with Crippen molar-refractivity contribution in [2.75, 3.05) is 31.6 Å². The topological polar surface area (TPSA) is 74.5 Å². The summed E-state index contributed by atoms with van der Waals surface area (Å²) in [5.74, 6) is 5.60. The summed E-state index contributed by atoms with van der Waals surface area (Å²) in [5.41, 5.74) is 3.01.